The Morgan fingerprint density at radius 2 is 2.00 bits per heavy atom. The molecule has 0 spiro atoms. The summed E-state index contributed by atoms with van der Waals surface area (Å²) in [7, 11) is 0. The highest BCUT2D eigenvalue weighted by Crippen LogP contribution is 2.24. The highest BCUT2D eigenvalue weighted by atomic mass is 16.3. The van der Waals surface area contributed by atoms with Crippen LogP contribution in [0.15, 0.2) is 18.2 Å². The van der Waals surface area contributed by atoms with E-state index in [0.717, 1.165) is 5.56 Å². The summed E-state index contributed by atoms with van der Waals surface area (Å²) in [5, 5.41) is 17.9. The zero-order valence-corrected chi connectivity index (χ0v) is 5.91. The third-order valence-corrected chi connectivity index (χ3v) is 1.35. The van der Waals surface area contributed by atoms with Gasteiger partial charge in [0.1, 0.15) is 0 Å². The van der Waals surface area contributed by atoms with Crippen molar-refractivity contribution in [1.82, 2.24) is 5.43 Å². The fourth-order valence-corrected chi connectivity index (χ4v) is 0.797. The Labute approximate surface area is 64.2 Å². The lowest BCUT2D eigenvalue weighted by molar-refractivity contribution is 0.403. The summed E-state index contributed by atoms with van der Waals surface area (Å²) in [5.74, 6) is 4.81. The van der Waals surface area contributed by atoms with Gasteiger partial charge in [-0.3, -0.25) is 11.3 Å². The molecule has 1 aromatic carbocycles. The zero-order valence-electron chi connectivity index (χ0n) is 5.91. The monoisotopic (exact) mass is 154 g/mol. The molecular formula is C7H10N2O2. The van der Waals surface area contributed by atoms with Gasteiger partial charge in [0, 0.05) is 6.54 Å². The van der Waals surface area contributed by atoms with Gasteiger partial charge in [0.2, 0.25) is 0 Å². The minimum absolute atomic E-state index is 0.120. The molecule has 5 N–H and O–H groups in total. The van der Waals surface area contributed by atoms with E-state index in [1.807, 2.05) is 0 Å². The summed E-state index contributed by atoms with van der Waals surface area (Å²) in [6.07, 6.45) is 0. The lowest BCUT2D eigenvalue weighted by Crippen LogP contribution is -2.20. The van der Waals surface area contributed by atoms with Crippen LogP contribution in [0, 0.1) is 0 Å². The van der Waals surface area contributed by atoms with E-state index in [0.29, 0.717) is 6.54 Å². The molecule has 0 radical (unpaired) electrons. The highest BCUT2D eigenvalue weighted by molar-refractivity contribution is 5.40. The molecule has 0 aliphatic heterocycles. The van der Waals surface area contributed by atoms with Gasteiger partial charge in [-0.25, -0.2) is 0 Å². The molecule has 0 aliphatic rings. The van der Waals surface area contributed by atoms with E-state index in [2.05, 4.69) is 5.43 Å². The first-order valence-electron chi connectivity index (χ1n) is 3.18. The highest BCUT2D eigenvalue weighted by Gasteiger charge is 1.98. The Morgan fingerprint density at radius 1 is 1.27 bits per heavy atom. The maximum Gasteiger partial charge on any atom is 0.157 e. The van der Waals surface area contributed by atoms with Crippen molar-refractivity contribution in [2.45, 2.75) is 6.54 Å². The molecule has 4 nitrogen and oxygen atoms in total. The van der Waals surface area contributed by atoms with Gasteiger partial charge in [0.05, 0.1) is 0 Å². The predicted molar refractivity (Wildman–Crippen MR) is 40.8 cm³/mol. The van der Waals surface area contributed by atoms with E-state index in [1.54, 1.807) is 6.07 Å². The predicted octanol–water partition coefficient (Wildman–Crippen LogP) is 0.0611. The molecule has 0 fully saturated rings. The Balaban J connectivity index is 2.86. The smallest absolute Gasteiger partial charge is 0.157 e. The number of nitrogens with one attached hydrogen (secondary N) is 1. The molecule has 0 aromatic heterocycles. The minimum Gasteiger partial charge on any atom is -0.504 e. The molecule has 11 heavy (non-hydrogen) atoms. The van der Waals surface area contributed by atoms with Crippen LogP contribution in [0.3, 0.4) is 0 Å². The average Bonchev–Trinajstić information content (AvgIpc) is 1.98. The van der Waals surface area contributed by atoms with Crippen LogP contribution in [0.5, 0.6) is 11.5 Å². The van der Waals surface area contributed by atoms with Gasteiger partial charge in [-0.15, -0.1) is 0 Å². The van der Waals surface area contributed by atoms with Gasteiger partial charge in [0.25, 0.3) is 0 Å². The molecule has 0 heterocycles. The van der Waals surface area contributed by atoms with E-state index in [1.165, 1.54) is 12.1 Å². The molecule has 0 bridgehead atoms. The molecule has 0 aliphatic carbocycles. The molecule has 1 aromatic rings. The Kier molecular flexibility index (Phi) is 2.30. The molecule has 0 saturated heterocycles. The lowest BCUT2D eigenvalue weighted by Gasteiger charge is -2.01. The third kappa shape index (κ3) is 1.83. The van der Waals surface area contributed by atoms with Gasteiger partial charge >= 0.3 is 0 Å². The molecule has 4 heteroatoms. The fourth-order valence-electron chi connectivity index (χ4n) is 0.797. The van der Waals surface area contributed by atoms with Gasteiger partial charge in [-0.2, -0.15) is 0 Å². The third-order valence-electron chi connectivity index (χ3n) is 1.35. The summed E-state index contributed by atoms with van der Waals surface area (Å²) in [5.41, 5.74) is 3.26. The molecule has 0 amide bonds. The van der Waals surface area contributed by atoms with Crippen molar-refractivity contribution in [3.63, 3.8) is 0 Å². The first-order chi connectivity index (χ1) is 5.24. The van der Waals surface area contributed by atoms with Crippen LogP contribution >= 0.6 is 0 Å². The number of hydrogen-bond donors (Lipinski definition) is 4. The molecule has 0 unspecified atom stereocenters. The number of hydrogen-bond acceptors (Lipinski definition) is 4. The SMILES string of the molecule is NNCc1ccc(O)c(O)c1. The molecular weight excluding hydrogens is 144 g/mol. The van der Waals surface area contributed by atoms with Gasteiger partial charge < -0.3 is 10.2 Å². The summed E-state index contributed by atoms with van der Waals surface area (Å²) in [4.78, 5) is 0. The fraction of sp³-hybridized carbons (Fsp3) is 0.143. The summed E-state index contributed by atoms with van der Waals surface area (Å²) in [6, 6.07) is 4.55. The first kappa shape index (κ1) is 7.84. The van der Waals surface area contributed by atoms with Crippen molar-refractivity contribution in [3.05, 3.63) is 23.8 Å². The average molecular weight is 154 g/mol. The van der Waals surface area contributed by atoms with Crippen LogP contribution in [0.25, 0.3) is 0 Å². The van der Waals surface area contributed by atoms with E-state index in [-0.39, 0.29) is 11.5 Å². The minimum atomic E-state index is -0.127. The topological polar surface area (TPSA) is 78.5 Å². The number of phenols is 2. The van der Waals surface area contributed by atoms with E-state index in [9.17, 15) is 0 Å². The van der Waals surface area contributed by atoms with Crippen LogP contribution in [-0.4, -0.2) is 10.2 Å². The summed E-state index contributed by atoms with van der Waals surface area (Å²) in [6.45, 7) is 0.466. The second-order valence-electron chi connectivity index (χ2n) is 2.20. The lowest BCUT2D eigenvalue weighted by atomic mass is 10.2. The van der Waals surface area contributed by atoms with Gasteiger partial charge in [0.15, 0.2) is 11.5 Å². The second-order valence-corrected chi connectivity index (χ2v) is 2.20. The maximum absolute atomic E-state index is 9.01. The van der Waals surface area contributed by atoms with Crippen molar-refractivity contribution in [2.24, 2.45) is 5.84 Å². The maximum atomic E-state index is 9.01. The second kappa shape index (κ2) is 3.23. The number of aromatic hydroxyl groups is 2. The van der Waals surface area contributed by atoms with E-state index < -0.39 is 0 Å². The molecule has 0 saturated carbocycles. The summed E-state index contributed by atoms with van der Waals surface area (Å²) >= 11 is 0. The number of benzene rings is 1. The standard InChI is InChI=1S/C7H10N2O2/c8-9-4-5-1-2-6(10)7(11)3-5/h1-3,9-11H,4,8H2. The quantitative estimate of drug-likeness (QED) is 0.276. The van der Waals surface area contributed by atoms with Crippen molar-refractivity contribution in [2.75, 3.05) is 0 Å². The number of nitrogens with two attached hydrogens (primary N) is 1. The van der Waals surface area contributed by atoms with Crippen molar-refractivity contribution in [3.8, 4) is 11.5 Å². The number of phenolic OH excluding ortho intramolecular Hbond substituents is 2. The zero-order chi connectivity index (χ0) is 8.27. The van der Waals surface area contributed by atoms with Crippen LogP contribution in [0.2, 0.25) is 0 Å². The molecule has 1 rings (SSSR count). The van der Waals surface area contributed by atoms with Crippen LogP contribution in [-0.2, 0) is 6.54 Å². The van der Waals surface area contributed by atoms with Gasteiger partial charge in [-0.1, -0.05) is 6.07 Å². The Hall–Kier alpha value is -1.26. The normalized spacial score (nSPS) is 9.91. The Bertz CT molecular complexity index is 250. The van der Waals surface area contributed by atoms with Crippen LogP contribution < -0.4 is 11.3 Å². The van der Waals surface area contributed by atoms with E-state index in [4.69, 9.17) is 16.1 Å². The largest absolute Gasteiger partial charge is 0.504 e. The number of hydrazine groups is 1. The first-order valence-corrected chi connectivity index (χ1v) is 3.18. The van der Waals surface area contributed by atoms with Crippen molar-refractivity contribution in [1.29, 1.82) is 0 Å². The van der Waals surface area contributed by atoms with Crippen molar-refractivity contribution < 1.29 is 10.2 Å². The van der Waals surface area contributed by atoms with Gasteiger partial charge in [-0.05, 0) is 17.7 Å². The number of rotatable bonds is 2. The van der Waals surface area contributed by atoms with Crippen LogP contribution in [0.1, 0.15) is 5.56 Å². The van der Waals surface area contributed by atoms with Crippen molar-refractivity contribution >= 4 is 0 Å². The molecule has 60 valence electrons. The summed E-state index contributed by atoms with van der Waals surface area (Å²) < 4.78 is 0. The van der Waals surface area contributed by atoms with Crippen LogP contribution in [0.4, 0.5) is 0 Å². The molecule has 0 atom stereocenters. The Morgan fingerprint density at radius 3 is 2.55 bits per heavy atom. The van der Waals surface area contributed by atoms with E-state index >= 15 is 0 Å².